The Labute approximate surface area is 168 Å². The average molecular weight is 401 g/mol. The van der Waals surface area contributed by atoms with Crippen LogP contribution < -0.4 is 5.32 Å². The highest BCUT2D eigenvalue weighted by Gasteiger charge is 2.23. The second-order valence-corrected chi connectivity index (χ2v) is 7.64. The molecule has 0 bridgehead atoms. The van der Waals surface area contributed by atoms with Crippen LogP contribution in [-0.2, 0) is 11.2 Å². The minimum absolute atomic E-state index is 0.162. The maximum absolute atomic E-state index is 12.6. The van der Waals surface area contributed by atoms with E-state index in [4.69, 9.17) is 4.52 Å². The first-order valence-electron chi connectivity index (χ1n) is 9.39. The van der Waals surface area contributed by atoms with E-state index >= 15 is 0 Å². The van der Waals surface area contributed by atoms with Gasteiger partial charge in [0, 0.05) is 6.07 Å². The van der Waals surface area contributed by atoms with E-state index in [0.29, 0.717) is 23.2 Å². The van der Waals surface area contributed by atoms with Crippen molar-refractivity contribution >= 4 is 23.5 Å². The first-order valence-corrected chi connectivity index (χ1v) is 10.3. The number of carbonyl (C=O) groups excluding carboxylic acids is 1. The van der Waals surface area contributed by atoms with Gasteiger partial charge in [-0.25, -0.2) is 0 Å². The summed E-state index contributed by atoms with van der Waals surface area (Å²) < 4.78 is 6.64. The first-order chi connectivity index (χ1) is 13.6. The highest BCUT2D eigenvalue weighted by molar-refractivity contribution is 8.00. The predicted molar refractivity (Wildman–Crippen MR) is 108 cm³/mol. The fourth-order valence-electron chi connectivity index (χ4n) is 2.68. The van der Waals surface area contributed by atoms with Crippen LogP contribution in [0.4, 0.5) is 5.82 Å². The van der Waals surface area contributed by atoms with Crippen LogP contribution in [0, 0.1) is 6.92 Å². The van der Waals surface area contributed by atoms with E-state index in [1.54, 1.807) is 17.7 Å². The van der Waals surface area contributed by atoms with E-state index in [9.17, 15) is 4.79 Å². The number of nitrogens with one attached hydrogen (secondary N) is 1. The van der Waals surface area contributed by atoms with Gasteiger partial charge in [-0.3, -0.25) is 4.79 Å². The number of hydrogen-bond acceptors (Lipinski definition) is 7. The van der Waals surface area contributed by atoms with Crippen LogP contribution in [0.25, 0.3) is 5.69 Å². The fraction of sp³-hybridized carbons (Fsp3) is 0.421. The predicted octanol–water partition coefficient (Wildman–Crippen LogP) is 3.81. The van der Waals surface area contributed by atoms with Crippen LogP contribution in [0.15, 0.2) is 40.0 Å². The molecule has 8 nitrogen and oxygen atoms in total. The van der Waals surface area contributed by atoms with Crippen molar-refractivity contribution in [3.63, 3.8) is 0 Å². The summed E-state index contributed by atoms with van der Waals surface area (Å²) in [5.74, 6) is 0.886. The number of tetrazole rings is 1. The van der Waals surface area contributed by atoms with Gasteiger partial charge < -0.3 is 9.84 Å². The molecule has 0 spiro atoms. The Balaban J connectivity index is 1.70. The van der Waals surface area contributed by atoms with Crippen molar-refractivity contribution in [2.75, 3.05) is 5.32 Å². The van der Waals surface area contributed by atoms with Gasteiger partial charge in [-0.2, -0.15) is 4.68 Å². The SMILES string of the molecule is CCCCc1ccc(-n2nnnc2S[C@H](CC)C(=O)Nc2cc(C)on2)cc1. The van der Waals surface area contributed by atoms with E-state index in [-0.39, 0.29) is 11.2 Å². The molecule has 2 aromatic heterocycles. The Morgan fingerprint density at radius 2 is 2.07 bits per heavy atom. The van der Waals surface area contributed by atoms with Gasteiger partial charge in [0.05, 0.1) is 10.9 Å². The Kier molecular flexibility index (Phi) is 6.80. The molecule has 0 radical (unpaired) electrons. The molecule has 28 heavy (non-hydrogen) atoms. The largest absolute Gasteiger partial charge is 0.360 e. The van der Waals surface area contributed by atoms with Crippen molar-refractivity contribution in [2.24, 2.45) is 0 Å². The van der Waals surface area contributed by atoms with Gasteiger partial charge in [-0.1, -0.05) is 49.3 Å². The van der Waals surface area contributed by atoms with Crippen molar-refractivity contribution in [1.29, 1.82) is 0 Å². The standard InChI is InChI=1S/C19H24N6O2S/c1-4-6-7-14-8-10-15(11-9-14)25-19(21-23-24-25)28-16(5-2)18(26)20-17-12-13(3)27-22-17/h8-12,16H,4-7H2,1-3H3,(H,20,22,26)/t16-/m1/s1. The molecule has 3 rings (SSSR count). The van der Waals surface area contributed by atoms with Gasteiger partial charge in [0.15, 0.2) is 5.82 Å². The molecule has 1 amide bonds. The molecule has 3 aromatic rings. The molecule has 1 aromatic carbocycles. The Bertz CT molecular complexity index is 905. The Morgan fingerprint density at radius 3 is 2.71 bits per heavy atom. The zero-order valence-electron chi connectivity index (χ0n) is 16.3. The number of nitrogens with zero attached hydrogens (tertiary/aromatic N) is 5. The van der Waals surface area contributed by atoms with Crippen LogP contribution in [0.1, 0.15) is 44.4 Å². The summed E-state index contributed by atoms with van der Waals surface area (Å²) in [6.45, 7) is 5.90. The number of benzene rings is 1. The molecule has 0 saturated carbocycles. The number of rotatable bonds is 9. The second kappa shape index (κ2) is 9.50. The smallest absolute Gasteiger partial charge is 0.239 e. The lowest BCUT2D eigenvalue weighted by molar-refractivity contribution is -0.115. The minimum atomic E-state index is -0.356. The maximum atomic E-state index is 12.6. The quantitative estimate of drug-likeness (QED) is 0.545. The topological polar surface area (TPSA) is 98.7 Å². The number of amides is 1. The third-order valence-electron chi connectivity index (χ3n) is 4.23. The van der Waals surface area contributed by atoms with E-state index in [0.717, 1.165) is 12.1 Å². The lowest BCUT2D eigenvalue weighted by Gasteiger charge is -2.13. The third kappa shape index (κ3) is 4.98. The Morgan fingerprint density at radius 1 is 1.29 bits per heavy atom. The molecule has 148 valence electrons. The number of hydrogen-bond donors (Lipinski definition) is 1. The molecular weight excluding hydrogens is 376 g/mol. The molecule has 0 fully saturated rings. The summed E-state index contributed by atoms with van der Waals surface area (Å²) >= 11 is 1.33. The van der Waals surface area contributed by atoms with Gasteiger partial charge in [-0.05, 0) is 54.3 Å². The fourth-order valence-corrected chi connectivity index (χ4v) is 3.59. The Hall–Kier alpha value is -2.68. The average Bonchev–Trinajstić information content (AvgIpc) is 3.33. The number of carbonyl (C=O) groups is 1. The van der Waals surface area contributed by atoms with E-state index in [2.05, 4.69) is 45.1 Å². The van der Waals surface area contributed by atoms with Crippen molar-refractivity contribution in [2.45, 2.75) is 56.9 Å². The molecule has 1 N–H and O–H groups in total. The number of aryl methyl sites for hydroxylation is 2. The van der Waals surface area contributed by atoms with Gasteiger partial charge >= 0.3 is 0 Å². The summed E-state index contributed by atoms with van der Waals surface area (Å²) in [6.07, 6.45) is 4.03. The molecule has 0 aliphatic rings. The lowest BCUT2D eigenvalue weighted by atomic mass is 10.1. The molecule has 1 atom stereocenters. The molecule has 0 aliphatic heterocycles. The molecule has 9 heteroatoms. The minimum Gasteiger partial charge on any atom is -0.360 e. The van der Waals surface area contributed by atoms with Gasteiger partial charge in [0.2, 0.25) is 11.1 Å². The molecular formula is C19H24N6O2S. The zero-order chi connectivity index (χ0) is 19.9. The number of aromatic nitrogens is 5. The van der Waals surface area contributed by atoms with E-state index in [1.807, 2.05) is 19.1 Å². The number of unbranched alkanes of at least 4 members (excludes halogenated alkanes) is 1. The maximum Gasteiger partial charge on any atom is 0.239 e. The summed E-state index contributed by atoms with van der Waals surface area (Å²) in [5.41, 5.74) is 2.16. The van der Waals surface area contributed by atoms with Gasteiger partial charge in [0.1, 0.15) is 5.76 Å². The van der Waals surface area contributed by atoms with E-state index in [1.165, 1.54) is 30.2 Å². The lowest BCUT2D eigenvalue weighted by Crippen LogP contribution is -2.25. The molecule has 0 saturated heterocycles. The van der Waals surface area contributed by atoms with Crippen LogP contribution in [0.5, 0.6) is 0 Å². The number of anilines is 1. The van der Waals surface area contributed by atoms with Crippen LogP contribution in [-0.4, -0.2) is 36.5 Å². The molecule has 0 unspecified atom stereocenters. The van der Waals surface area contributed by atoms with Gasteiger partial charge in [-0.15, -0.1) is 5.10 Å². The highest BCUT2D eigenvalue weighted by Crippen LogP contribution is 2.26. The van der Waals surface area contributed by atoms with Crippen molar-refractivity contribution in [1.82, 2.24) is 25.4 Å². The molecule has 0 aliphatic carbocycles. The van der Waals surface area contributed by atoms with Crippen molar-refractivity contribution < 1.29 is 9.32 Å². The summed E-state index contributed by atoms with van der Waals surface area (Å²) in [4.78, 5) is 12.6. The third-order valence-corrected chi connectivity index (χ3v) is 5.53. The highest BCUT2D eigenvalue weighted by atomic mass is 32.2. The normalized spacial score (nSPS) is 12.1. The second-order valence-electron chi connectivity index (χ2n) is 6.47. The van der Waals surface area contributed by atoms with Gasteiger partial charge in [0.25, 0.3) is 0 Å². The van der Waals surface area contributed by atoms with Crippen LogP contribution in [0.2, 0.25) is 0 Å². The molecule has 2 heterocycles. The van der Waals surface area contributed by atoms with Crippen LogP contribution in [0.3, 0.4) is 0 Å². The summed E-state index contributed by atoms with van der Waals surface area (Å²) in [6, 6.07) is 9.88. The first kappa shape index (κ1) is 20.1. The van der Waals surface area contributed by atoms with Crippen molar-refractivity contribution in [3.05, 3.63) is 41.7 Å². The van der Waals surface area contributed by atoms with Crippen molar-refractivity contribution in [3.8, 4) is 5.69 Å². The zero-order valence-corrected chi connectivity index (χ0v) is 17.1. The van der Waals surface area contributed by atoms with Crippen LogP contribution >= 0.6 is 11.8 Å². The summed E-state index contributed by atoms with van der Waals surface area (Å²) in [5, 5.41) is 18.8. The number of thioether (sulfide) groups is 1. The van der Waals surface area contributed by atoms with E-state index < -0.39 is 0 Å². The summed E-state index contributed by atoms with van der Waals surface area (Å²) in [7, 11) is 0. The monoisotopic (exact) mass is 400 g/mol.